The predicted molar refractivity (Wildman–Crippen MR) is 96.3 cm³/mol. The second-order valence-electron chi connectivity index (χ2n) is 5.62. The number of fused-ring (bicyclic) bond motifs is 1. The molecule has 1 aromatic heterocycles. The number of benzene rings is 3. The molecule has 0 aliphatic heterocycles. The summed E-state index contributed by atoms with van der Waals surface area (Å²) in [5, 5.41) is 11.9. The second kappa shape index (κ2) is 5.70. The largest absolute Gasteiger partial charge is 0.425 e. The lowest BCUT2D eigenvalue weighted by atomic mass is 9.94. The summed E-state index contributed by atoms with van der Waals surface area (Å²) in [5.41, 5.74) is 2.69. The van der Waals surface area contributed by atoms with Crippen molar-refractivity contribution in [1.82, 2.24) is 4.73 Å². The van der Waals surface area contributed by atoms with Crippen LogP contribution < -0.4 is 5.56 Å². The molecule has 0 amide bonds. The lowest BCUT2D eigenvalue weighted by molar-refractivity contribution is 0.182. The first-order valence-corrected chi connectivity index (χ1v) is 7.75. The molecule has 0 saturated heterocycles. The molecule has 0 fully saturated rings. The Morgan fingerprint density at radius 1 is 0.625 bits per heavy atom. The number of nitrogens with zero attached hydrogens (tertiary/aromatic N) is 1. The van der Waals surface area contributed by atoms with E-state index in [4.69, 9.17) is 0 Å². The number of rotatable bonds is 2. The van der Waals surface area contributed by atoms with E-state index >= 15 is 0 Å². The average molecular weight is 313 g/mol. The van der Waals surface area contributed by atoms with E-state index in [-0.39, 0.29) is 0 Å². The Labute approximate surface area is 139 Å². The quantitative estimate of drug-likeness (QED) is 0.551. The van der Waals surface area contributed by atoms with Gasteiger partial charge in [0.25, 0.3) is 5.56 Å². The van der Waals surface area contributed by atoms with Crippen molar-refractivity contribution in [1.29, 1.82) is 0 Å². The molecule has 0 bridgehead atoms. The summed E-state index contributed by atoms with van der Waals surface area (Å²) in [6.45, 7) is 0. The van der Waals surface area contributed by atoms with Crippen LogP contribution in [0.25, 0.3) is 33.2 Å². The first-order chi connectivity index (χ1) is 11.8. The van der Waals surface area contributed by atoms with Crippen LogP contribution >= 0.6 is 0 Å². The summed E-state index contributed by atoms with van der Waals surface area (Å²) in [4.78, 5) is 12.6. The van der Waals surface area contributed by atoms with Crippen molar-refractivity contribution in [3.63, 3.8) is 0 Å². The van der Waals surface area contributed by atoms with Crippen LogP contribution in [0.5, 0.6) is 0 Å². The van der Waals surface area contributed by atoms with E-state index in [1.807, 2.05) is 72.8 Å². The van der Waals surface area contributed by atoms with Gasteiger partial charge in [-0.25, -0.2) is 0 Å². The molecule has 0 atom stereocenters. The maximum atomic E-state index is 12.6. The fourth-order valence-electron chi connectivity index (χ4n) is 3.10. The summed E-state index contributed by atoms with van der Waals surface area (Å²) in [6, 6.07) is 26.7. The minimum atomic E-state index is -0.413. The van der Waals surface area contributed by atoms with Crippen LogP contribution in [0.2, 0.25) is 0 Å². The molecule has 116 valence electrons. The standard InChI is InChI=1S/C21H15NO2/c23-21-18-14-8-7-13-17(18)19(15-9-3-1-4-10-15)20(22(21)24)16-11-5-2-6-12-16/h1-14,24H. The van der Waals surface area contributed by atoms with E-state index in [0.717, 1.165) is 26.8 Å². The Morgan fingerprint density at radius 2 is 1.12 bits per heavy atom. The molecule has 24 heavy (non-hydrogen) atoms. The number of hydrogen-bond donors (Lipinski definition) is 1. The highest BCUT2D eigenvalue weighted by molar-refractivity contribution is 6.02. The predicted octanol–water partition coefficient (Wildman–Crippen LogP) is 4.57. The van der Waals surface area contributed by atoms with Gasteiger partial charge in [0, 0.05) is 11.1 Å². The first kappa shape index (κ1) is 14.3. The highest BCUT2D eigenvalue weighted by Gasteiger charge is 2.18. The van der Waals surface area contributed by atoms with E-state index < -0.39 is 5.56 Å². The maximum absolute atomic E-state index is 12.6. The molecule has 0 aliphatic carbocycles. The lowest BCUT2D eigenvalue weighted by Crippen LogP contribution is -2.20. The van der Waals surface area contributed by atoms with Gasteiger partial charge in [-0.2, -0.15) is 0 Å². The Hall–Kier alpha value is -3.33. The van der Waals surface area contributed by atoms with E-state index in [0.29, 0.717) is 11.1 Å². The minimum Gasteiger partial charge on any atom is -0.425 e. The van der Waals surface area contributed by atoms with Crippen molar-refractivity contribution in [2.75, 3.05) is 0 Å². The molecule has 0 saturated carbocycles. The van der Waals surface area contributed by atoms with Crippen molar-refractivity contribution < 1.29 is 5.21 Å². The molecule has 1 N–H and O–H groups in total. The fraction of sp³-hybridized carbons (Fsp3) is 0. The van der Waals surface area contributed by atoms with Gasteiger partial charge in [-0.15, -0.1) is 4.73 Å². The van der Waals surface area contributed by atoms with Gasteiger partial charge in [0.1, 0.15) is 0 Å². The third-order valence-corrected chi connectivity index (χ3v) is 4.18. The van der Waals surface area contributed by atoms with E-state index in [1.54, 1.807) is 12.1 Å². The average Bonchev–Trinajstić information content (AvgIpc) is 2.66. The molecule has 0 radical (unpaired) electrons. The van der Waals surface area contributed by atoms with Crippen molar-refractivity contribution in [2.24, 2.45) is 0 Å². The molecule has 3 heteroatoms. The number of aromatic nitrogens is 1. The van der Waals surface area contributed by atoms with E-state index in [2.05, 4.69) is 0 Å². The Kier molecular flexibility index (Phi) is 3.39. The number of pyridine rings is 1. The van der Waals surface area contributed by atoms with Crippen LogP contribution in [-0.2, 0) is 0 Å². The van der Waals surface area contributed by atoms with Crippen LogP contribution in [0.3, 0.4) is 0 Å². The Bertz CT molecular complexity index is 1070. The monoisotopic (exact) mass is 313 g/mol. The molecule has 0 unspecified atom stereocenters. The van der Waals surface area contributed by atoms with Crippen LogP contribution in [0.15, 0.2) is 89.7 Å². The minimum absolute atomic E-state index is 0.413. The van der Waals surface area contributed by atoms with Crippen molar-refractivity contribution in [3.05, 3.63) is 95.3 Å². The van der Waals surface area contributed by atoms with Crippen molar-refractivity contribution in [2.45, 2.75) is 0 Å². The molecular formula is C21H15NO2. The summed E-state index contributed by atoms with van der Waals surface area (Å²) in [7, 11) is 0. The van der Waals surface area contributed by atoms with E-state index in [9.17, 15) is 10.0 Å². The zero-order valence-corrected chi connectivity index (χ0v) is 12.9. The molecule has 0 spiro atoms. The molecule has 3 nitrogen and oxygen atoms in total. The summed E-state index contributed by atoms with van der Waals surface area (Å²) < 4.78 is 0.764. The maximum Gasteiger partial charge on any atom is 0.291 e. The Balaban J connectivity index is 2.22. The normalized spacial score (nSPS) is 10.8. The lowest BCUT2D eigenvalue weighted by Gasteiger charge is -2.16. The topological polar surface area (TPSA) is 42.2 Å². The summed E-state index contributed by atoms with van der Waals surface area (Å²) >= 11 is 0. The van der Waals surface area contributed by atoms with Crippen LogP contribution in [0.1, 0.15) is 0 Å². The Morgan fingerprint density at radius 3 is 1.75 bits per heavy atom. The molecule has 4 rings (SSSR count). The summed E-state index contributed by atoms with van der Waals surface area (Å²) in [6.07, 6.45) is 0. The van der Waals surface area contributed by atoms with Gasteiger partial charge in [0.15, 0.2) is 0 Å². The highest BCUT2D eigenvalue weighted by atomic mass is 16.5. The first-order valence-electron chi connectivity index (χ1n) is 7.75. The third-order valence-electron chi connectivity index (χ3n) is 4.18. The van der Waals surface area contributed by atoms with Crippen LogP contribution in [-0.4, -0.2) is 9.94 Å². The van der Waals surface area contributed by atoms with Gasteiger partial charge in [0.05, 0.1) is 11.1 Å². The van der Waals surface area contributed by atoms with Crippen LogP contribution in [0.4, 0.5) is 0 Å². The van der Waals surface area contributed by atoms with Crippen LogP contribution in [0, 0.1) is 0 Å². The number of hydrogen-bond acceptors (Lipinski definition) is 2. The molecule has 0 aliphatic rings. The summed E-state index contributed by atoms with van der Waals surface area (Å²) in [5.74, 6) is 0. The molecular weight excluding hydrogens is 298 g/mol. The SMILES string of the molecule is O=c1c2ccccc2c(-c2ccccc2)c(-c2ccccc2)n1O. The van der Waals surface area contributed by atoms with Gasteiger partial charge in [-0.3, -0.25) is 4.79 Å². The zero-order chi connectivity index (χ0) is 16.5. The van der Waals surface area contributed by atoms with Gasteiger partial charge < -0.3 is 5.21 Å². The highest BCUT2D eigenvalue weighted by Crippen LogP contribution is 2.35. The van der Waals surface area contributed by atoms with Crippen molar-refractivity contribution in [3.8, 4) is 22.4 Å². The molecule has 4 aromatic rings. The van der Waals surface area contributed by atoms with Gasteiger partial charge in [0.2, 0.25) is 0 Å². The smallest absolute Gasteiger partial charge is 0.291 e. The third kappa shape index (κ3) is 2.18. The van der Waals surface area contributed by atoms with E-state index in [1.165, 1.54) is 0 Å². The van der Waals surface area contributed by atoms with Gasteiger partial charge >= 0.3 is 0 Å². The molecule has 1 heterocycles. The molecule has 3 aromatic carbocycles. The zero-order valence-electron chi connectivity index (χ0n) is 12.9. The fourth-order valence-corrected chi connectivity index (χ4v) is 3.10. The van der Waals surface area contributed by atoms with Gasteiger partial charge in [-0.05, 0) is 17.0 Å². The second-order valence-corrected chi connectivity index (χ2v) is 5.62. The van der Waals surface area contributed by atoms with Gasteiger partial charge in [-0.1, -0.05) is 78.9 Å². The van der Waals surface area contributed by atoms with Crippen molar-refractivity contribution >= 4 is 10.8 Å².